The fourth-order valence-electron chi connectivity index (χ4n) is 20.7. The molecule has 8 heteroatoms. The minimum Gasteiger partial charge on any atom is -0.358 e. The molecule has 4 N–H and O–H groups in total. The Hall–Kier alpha value is -7.85. The van der Waals surface area contributed by atoms with E-state index in [0.717, 1.165) is 89.3 Å². The Balaban J connectivity index is 0.00000653. The molecule has 0 fully saturated rings. The normalized spacial score (nSPS) is 13.4. The van der Waals surface area contributed by atoms with Crippen molar-refractivity contribution in [1.82, 2.24) is 0 Å². The van der Waals surface area contributed by atoms with E-state index in [4.69, 9.17) is 9.47 Å². The predicted octanol–water partition coefficient (Wildman–Crippen LogP) is 36.8. The van der Waals surface area contributed by atoms with E-state index in [-0.39, 0.29) is 116 Å². The summed E-state index contributed by atoms with van der Waals surface area (Å²) in [6.45, 7) is 91.6. The van der Waals surface area contributed by atoms with Crippen LogP contribution in [0.15, 0.2) is 158 Å². The van der Waals surface area contributed by atoms with Crippen molar-refractivity contribution in [3.05, 3.63) is 251 Å². The molecule has 0 aliphatic heterocycles. The molecule has 132 heavy (non-hydrogen) atoms. The van der Waals surface area contributed by atoms with Crippen molar-refractivity contribution in [3.8, 4) is 89.8 Å². The molecule has 12 aromatic rings. The standard InChI is InChI=1S/C122H158F2GeO4.2CH3.Hf/c1-71(2)125(72(3)4,69-128-109-73(5)49-87(123)65-99(109)97-61-85(121(37,38)67-111(7,8)9)63-101(107(97)126)105-89-45-41-77(113(13,14)15)57-93(89)103(94-58-78(114(16,17)18)42-46-90(94)105)75-51-81(117(25,26)27)55-82(52-75)118(28,29)30)70-129-110-74(6)50-88(124)66-100(110)98-62-86(122(39,40)68-112(10,11)12)64-102(108(98)127)106-91-47-43-79(115(19,20)21)59-95(91)104(96-60-80(116(22,23)24)44-48-92(96)106)76-53-83(119(31,32)33)56-84(54-76)120(34,35)36;;;/h41-66,71-72,126-127H,67-70H2,1-40H3;2*1H3;/q;2*-1;/p+2. The van der Waals surface area contributed by atoms with E-state index >= 15 is 8.78 Å². The van der Waals surface area contributed by atoms with E-state index in [1.54, 1.807) is 24.3 Å². The number of fused-ring (bicyclic) bond motifs is 4. The Morgan fingerprint density at radius 1 is 0.273 bits per heavy atom. The van der Waals surface area contributed by atoms with Gasteiger partial charge in [-0.05, 0) is 65.6 Å². The Labute approximate surface area is 820 Å². The molecule has 0 saturated carbocycles. The Kier molecular flexibility index (Phi) is 30.4. The van der Waals surface area contributed by atoms with Gasteiger partial charge in [0, 0.05) is 25.8 Å². The van der Waals surface area contributed by atoms with E-state index < -0.39 is 35.7 Å². The summed E-state index contributed by atoms with van der Waals surface area (Å²) in [5.41, 5.74) is 21.7. The van der Waals surface area contributed by atoms with Crippen molar-refractivity contribution in [3.63, 3.8) is 0 Å². The fraction of sp³-hybridized carbons (Fsp3) is 0.468. The summed E-state index contributed by atoms with van der Waals surface area (Å²) in [6, 6.07) is 57.9. The average Bonchev–Trinajstić information content (AvgIpc) is 0.715. The van der Waals surface area contributed by atoms with Gasteiger partial charge in [0.05, 0.1) is 0 Å². The molecule has 0 atom stereocenters. The van der Waals surface area contributed by atoms with E-state index in [1.165, 1.54) is 55.6 Å². The third kappa shape index (κ3) is 22.2. The number of rotatable bonds is 18. The second-order valence-corrected chi connectivity index (χ2v) is 63.0. The Morgan fingerprint density at radius 2 is 0.508 bits per heavy atom. The molecule has 0 spiro atoms. The molecule has 12 aromatic carbocycles. The zero-order valence-electron chi connectivity index (χ0n) is 89.5. The van der Waals surface area contributed by atoms with Crippen LogP contribution in [-0.2, 0) is 80.0 Å². The average molecular weight is 2010 g/mol. The smallest absolute Gasteiger partial charge is 0 e. The topological polar surface area (TPSA) is 66.1 Å². The van der Waals surface area contributed by atoms with Gasteiger partial charge in [-0.1, -0.05) is 203 Å². The second kappa shape index (κ2) is 37.2. The number of phenols is 2. The van der Waals surface area contributed by atoms with Gasteiger partial charge in [0.1, 0.15) is 0 Å². The number of hydrogen-bond donors (Lipinski definition) is 2. The number of aryl methyl sites for hydroxylation is 2. The van der Waals surface area contributed by atoms with Crippen LogP contribution < -0.4 is 0 Å². The van der Waals surface area contributed by atoms with Crippen LogP contribution in [0.4, 0.5) is 8.78 Å². The molecule has 0 aliphatic carbocycles. The molecular formula is C124H166F2GeHfO4. The quantitative estimate of drug-likeness (QED) is 0.0389. The van der Waals surface area contributed by atoms with Crippen LogP contribution in [0.5, 0.6) is 23.0 Å². The molecule has 0 heterocycles. The fourth-order valence-corrected chi connectivity index (χ4v) is 28.7. The van der Waals surface area contributed by atoms with Gasteiger partial charge in [-0.15, -0.1) is 0 Å². The van der Waals surface area contributed by atoms with Gasteiger partial charge in [0.25, 0.3) is 0 Å². The SMILES string of the molecule is Cc1cc(F)cc(-c2cc(C(C)(C)CC(C)(C)C)cc(-c3c4ccc(C(C)(C)C)cc4c(-c4cc(C(C)(C)C)cc(C(C)(C)C)c4)c4cc(C(C)(C)C)ccc34)c2O)c1[OH+][CH2][Ge]([CH2][OH+]c1c(C)cc(F)cc1-c1cc(C(C)(C)CC(C)(C)C)cc(-c2c3ccc(C(C)(C)C)cc3c(-c3cc(C(C)(C)C)cc(C(C)(C)C)c3)c3cc(C(C)(C)C)ccc23)c1O)([CH](C)C)[CH](C)C.[CH3-].[CH3-].[Hf]. The van der Waals surface area contributed by atoms with E-state index in [9.17, 15) is 10.2 Å². The molecule has 708 valence electrons. The number of aromatic hydroxyl groups is 4. The largest absolute Gasteiger partial charge is 0.358 e. The van der Waals surface area contributed by atoms with Crippen LogP contribution in [0.3, 0.4) is 0 Å². The second-order valence-electron chi connectivity index (χ2n) is 51.6. The van der Waals surface area contributed by atoms with Crippen LogP contribution in [0.2, 0.25) is 9.50 Å². The number of aliphatic hydroxyl groups is 2. The summed E-state index contributed by atoms with van der Waals surface area (Å²) in [7, 11) is 0. The molecular weight excluding hydrogens is 1840 g/mol. The summed E-state index contributed by atoms with van der Waals surface area (Å²) < 4.78 is 46.9. The molecule has 0 bridgehead atoms. The van der Waals surface area contributed by atoms with Crippen molar-refractivity contribution >= 4 is 56.4 Å². The van der Waals surface area contributed by atoms with Gasteiger partial charge < -0.3 is 14.9 Å². The summed E-state index contributed by atoms with van der Waals surface area (Å²) in [5, 5.41) is 36.9. The Morgan fingerprint density at radius 3 is 0.727 bits per heavy atom. The maximum Gasteiger partial charge on any atom is 0 e. The van der Waals surface area contributed by atoms with Crippen LogP contribution in [0.25, 0.3) is 110 Å². The summed E-state index contributed by atoms with van der Waals surface area (Å²) in [5.74, 6) is 0.587. The molecule has 0 saturated heterocycles. The first kappa shape index (κ1) is 108. The third-order valence-electron chi connectivity index (χ3n) is 28.3. The van der Waals surface area contributed by atoms with E-state index in [1.807, 2.05) is 13.8 Å². The van der Waals surface area contributed by atoms with E-state index in [0.29, 0.717) is 66.9 Å². The van der Waals surface area contributed by atoms with Gasteiger partial charge in [-0.25, -0.2) is 0 Å². The minimum absolute atomic E-state index is 0. The third-order valence-corrected chi connectivity index (χ3v) is 41.1. The van der Waals surface area contributed by atoms with Crippen LogP contribution in [-0.4, -0.2) is 43.8 Å². The molecule has 0 aliphatic rings. The van der Waals surface area contributed by atoms with Crippen molar-refractivity contribution in [2.75, 3.05) is 10.9 Å². The van der Waals surface area contributed by atoms with Crippen LogP contribution in [0, 0.1) is 51.2 Å². The molecule has 0 radical (unpaired) electrons. The van der Waals surface area contributed by atoms with Crippen LogP contribution in [0.1, 0.15) is 343 Å². The molecule has 12 rings (SSSR count). The first-order chi connectivity index (χ1) is 58.8. The monoisotopic (exact) mass is 2010 g/mol. The number of ether oxygens (including phenoxy) is 2. The zero-order valence-corrected chi connectivity index (χ0v) is 95.2. The van der Waals surface area contributed by atoms with Gasteiger partial charge >= 0.3 is 518 Å². The summed E-state index contributed by atoms with van der Waals surface area (Å²) in [6.07, 6.45) is 1.64. The van der Waals surface area contributed by atoms with E-state index in [2.05, 4.69) is 397 Å². The number of benzene rings is 12. The molecule has 4 nitrogen and oxygen atoms in total. The Bertz CT molecular complexity index is 5740. The molecule has 0 amide bonds. The van der Waals surface area contributed by atoms with Crippen molar-refractivity contribution in [1.29, 1.82) is 0 Å². The number of phenolic OH excluding ortho intramolecular Hbond substituents is 2. The zero-order chi connectivity index (χ0) is 96.2. The minimum atomic E-state index is -3.67. The van der Waals surface area contributed by atoms with Crippen molar-refractivity contribution in [2.24, 2.45) is 10.8 Å². The van der Waals surface area contributed by atoms with Gasteiger partial charge in [0.2, 0.25) is 0 Å². The number of hydrogen-bond acceptors (Lipinski definition) is 2. The summed E-state index contributed by atoms with van der Waals surface area (Å²) >= 11 is -3.67. The van der Waals surface area contributed by atoms with Crippen LogP contribution >= 0.6 is 0 Å². The summed E-state index contributed by atoms with van der Waals surface area (Å²) in [4.78, 5) is 0. The van der Waals surface area contributed by atoms with Gasteiger partial charge in [-0.2, -0.15) is 0 Å². The first-order valence-electron chi connectivity index (χ1n) is 47.9. The van der Waals surface area contributed by atoms with Crippen molar-refractivity contribution in [2.45, 2.75) is 353 Å². The van der Waals surface area contributed by atoms with Crippen molar-refractivity contribution < 1.29 is 54.3 Å². The van der Waals surface area contributed by atoms with Gasteiger partial charge in [0.15, 0.2) is 0 Å². The predicted molar refractivity (Wildman–Crippen MR) is 574 cm³/mol. The molecule has 0 unspecified atom stereocenters. The first-order valence-corrected chi connectivity index (χ1v) is 53.3. The van der Waals surface area contributed by atoms with Gasteiger partial charge in [-0.3, -0.25) is 0 Å². The maximum absolute atomic E-state index is 17.3. The molecule has 0 aromatic heterocycles. The maximum atomic E-state index is 17.3. The number of halogens is 2.